The van der Waals surface area contributed by atoms with Crippen LogP contribution >= 0.6 is 11.3 Å². The molecule has 4 atom stereocenters. The van der Waals surface area contributed by atoms with Gasteiger partial charge in [0, 0.05) is 28.1 Å². The van der Waals surface area contributed by atoms with Gasteiger partial charge in [-0.1, -0.05) is 48.9 Å². The van der Waals surface area contributed by atoms with Crippen LogP contribution in [0.4, 0.5) is 0 Å². The Morgan fingerprint density at radius 3 is 2.57 bits per heavy atom. The van der Waals surface area contributed by atoms with Crippen molar-refractivity contribution in [2.75, 3.05) is 19.6 Å². The SMILES string of the molecule is CC1=CCCC2(C)C(CCC2(O)CN2CCC(C(N)=O)CC2)c2ccc(cc2C(=O)c2cc3ccccc3s2)CC(O)CC1. The molecule has 4 N–H and O–H groups in total. The molecular formula is C37H46N2O4S. The van der Waals surface area contributed by atoms with Crippen LogP contribution in [-0.4, -0.2) is 58.1 Å². The zero-order valence-corrected chi connectivity index (χ0v) is 26.9. The third-order valence-electron chi connectivity index (χ3n) is 11.0. The van der Waals surface area contributed by atoms with E-state index in [0.717, 1.165) is 77.7 Å². The Balaban J connectivity index is 1.40. The molecule has 1 saturated carbocycles. The first-order valence-electron chi connectivity index (χ1n) is 16.3. The van der Waals surface area contributed by atoms with Gasteiger partial charge in [-0.25, -0.2) is 0 Å². The summed E-state index contributed by atoms with van der Waals surface area (Å²) < 4.78 is 1.09. The molecule has 1 aliphatic heterocycles. The smallest absolute Gasteiger partial charge is 0.220 e. The predicted molar refractivity (Wildman–Crippen MR) is 177 cm³/mol. The van der Waals surface area contributed by atoms with Crippen molar-refractivity contribution >= 4 is 33.1 Å². The third kappa shape index (κ3) is 6.04. The van der Waals surface area contributed by atoms with E-state index in [2.05, 4.69) is 43.0 Å². The number of benzene rings is 2. The number of hydrogen-bond acceptors (Lipinski definition) is 6. The fourth-order valence-electron chi connectivity index (χ4n) is 8.17. The minimum atomic E-state index is -0.942. The van der Waals surface area contributed by atoms with Crippen molar-refractivity contribution in [3.05, 3.63) is 81.7 Å². The van der Waals surface area contributed by atoms with Crippen molar-refractivity contribution in [1.29, 1.82) is 0 Å². The molecule has 4 unspecified atom stereocenters. The Bertz CT molecular complexity index is 1540. The summed E-state index contributed by atoms with van der Waals surface area (Å²) in [5.41, 5.74) is 8.14. The minimum absolute atomic E-state index is 0.000364. The van der Waals surface area contributed by atoms with E-state index < -0.39 is 17.1 Å². The summed E-state index contributed by atoms with van der Waals surface area (Å²) >= 11 is 1.53. The normalized spacial score (nSPS) is 28.9. The molecule has 2 heterocycles. The molecule has 7 rings (SSSR count). The second-order valence-electron chi connectivity index (χ2n) is 13.9. The molecule has 7 heteroatoms. The number of thiophene rings is 1. The fourth-order valence-corrected chi connectivity index (χ4v) is 9.19. The van der Waals surface area contributed by atoms with E-state index in [1.54, 1.807) is 0 Å². The zero-order valence-electron chi connectivity index (χ0n) is 26.1. The highest BCUT2D eigenvalue weighted by atomic mass is 32.1. The van der Waals surface area contributed by atoms with Gasteiger partial charge in [0.2, 0.25) is 11.7 Å². The molecule has 4 aliphatic rings. The van der Waals surface area contributed by atoms with Crippen LogP contribution < -0.4 is 5.73 Å². The van der Waals surface area contributed by atoms with Gasteiger partial charge in [-0.15, -0.1) is 11.3 Å². The molecule has 2 fully saturated rings. The fraction of sp³-hybridized carbons (Fsp3) is 0.514. The molecule has 234 valence electrons. The summed E-state index contributed by atoms with van der Waals surface area (Å²) in [6.45, 7) is 6.43. The number of β-amino-alcohol motifs (C(OH)–C–C–N with tert-alkyl or cyclic N) is 1. The van der Waals surface area contributed by atoms with Crippen molar-refractivity contribution in [1.82, 2.24) is 4.90 Å². The molecule has 3 aromatic rings. The lowest BCUT2D eigenvalue weighted by atomic mass is 9.64. The number of primary amides is 1. The highest BCUT2D eigenvalue weighted by Crippen LogP contribution is 2.59. The summed E-state index contributed by atoms with van der Waals surface area (Å²) in [6.07, 6.45) is 8.36. The number of allylic oxidation sites excluding steroid dienone is 2. The van der Waals surface area contributed by atoms with Crippen LogP contribution in [0.15, 0.2) is 60.2 Å². The van der Waals surface area contributed by atoms with E-state index in [9.17, 15) is 19.8 Å². The molecule has 2 bridgehead atoms. The van der Waals surface area contributed by atoms with Gasteiger partial charge in [-0.3, -0.25) is 9.59 Å². The molecule has 1 amide bonds. The van der Waals surface area contributed by atoms with Crippen LogP contribution in [0, 0.1) is 11.3 Å². The van der Waals surface area contributed by atoms with Gasteiger partial charge in [0.15, 0.2) is 0 Å². The van der Waals surface area contributed by atoms with Gasteiger partial charge in [-0.05, 0) is 118 Å². The lowest BCUT2D eigenvalue weighted by molar-refractivity contribution is -0.124. The first kappa shape index (κ1) is 31.2. The number of carbonyl (C=O) groups is 2. The molecule has 3 aliphatic carbocycles. The number of fused-ring (bicyclic) bond motifs is 9. The number of hydrogen-bond donors (Lipinski definition) is 3. The van der Waals surface area contributed by atoms with E-state index in [0.29, 0.717) is 31.4 Å². The number of likely N-dealkylation sites (tertiary alicyclic amines) is 1. The van der Waals surface area contributed by atoms with Crippen molar-refractivity contribution in [2.24, 2.45) is 17.1 Å². The quantitative estimate of drug-likeness (QED) is 0.229. The van der Waals surface area contributed by atoms with Crippen LogP contribution in [-0.2, 0) is 11.2 Å². The summed E-state index contributed by atoms with van der Waals surface area (Å²) in [5.74, 6) is -0.294. The Kier molecular flexibility index (Phi) is 8.86. The molecule has 1 aromatic heterocycles. The number of aliphatic hydroxyl groups excluding tert-OH is 1. The average Bonchev–Trinajstić information content (AvgIpc) is 3.54. The van der Waals surface area contributed by atoms with Crippen LogP contribution in [0.1, 0.15) is 97.5 Å². The van der Waals surface area contributed by atoms with Gasteiger partial charge in [0.25, 0.3) is 0 Å². The second-order valence-corrected chi connectivity index (χ2v) is 15.0. The molecular weight excluding hydrogens is 568 g/mol. The zero-order chi connectivity index (χ0) is 31.1. The van der Waals surface area contributed by atoms with Gasteiger partial charge in [0.1, 0.15) is 0 Å². The minimum Gasteiger partial charge on any atom is -0.393 e. The van der Waals surface area contributed by atoms with E-state index in [1.165, 1.54) is 16.9 Å². The van der Waals surface area contributed by atoms with Gasteiger partial charge in [-0.2, -0.15) is 0 Å². The Morgan fingerprint density at radius 2 is 1.82 bits per heavy atom. The van der Waals surface area contributed by atoms with Crippen LogP contribution in [0.2, 0.25) is 0 Å². The van der Waals surface area contributed by atoms with Crippen LogP contribution in [0.5, 0.6) is 0 Å². The number of ketones is 1. The number of rotatable bonds is 5. The monoisotopic (exact) mass is 614 g/mol. The predicted octanol–water partition coefficient (Wildman–Crippen LogP) is 6.37. The van der Waals surface area contributed by atoms with E-state index >= 15 is 0 Å². The molecule has 1 saturated heterocycles. The highest BCUT2D eigenvalue weighted by Gasteiger charge is 2.57. The lowest BCUT2D eigenvalue weighted by Crippen LogP contribution is -2.54. The molecule has 0 spiro atoms. The van der Waals surface area contributed by atoms with Gasteiger partial charge < -0.3 is 20.8 Å². The first-order valence-corrected chi connectivity index (χ1v) is 17.1. The Labute approximate surface area is 265 Å². The van der Waals surface area contributed by atoms with Crippen molar-refractivity contribution < 1.29 is 19.8 Å². The van der Waals surface area contributed by atoms with Gasteiger partial charge >= 0.3 is 0 Å². The Hall–Kier alpha value is -2.84. The molecule has 44 heavy (non-hydrogen) atoms. The van der Waals surface area contributed by atoms with Crippen LogP contribution in [0.3, 0.4) is 0 Å². The largest absolute Gasteiger partial charge is 0.393 e. The van der Waals surface area contributed by atoms with Crippen molar-refractivity contribution in [3.63, 3.8) is 0 Å². The second kappa shape index (κ2) is 12.5. The first-order chi connectivity index (χ1) is 21.1. The maximum absolute atomic E-state index is 14.4. The standard InChI is InChI=1S/C37H46N2O4S/c1-24-6-5-16-36(2)31(13-17-37(36,43)23-39-18-14-26(15-19-39)35(38)42)29-12-10-25(20-28(40)11-9-24)21-30(29)34(41)33-22-27-7-3-4-8-32(27)44-33/h3-4,6-8,10,12,21-22,26,28,31,40,43H,5,9,11,13-20,23H2,1-2H3,(H2,38,42). The number of nitrogens with two attached hydrogens (primary N) is 1. The molecule has 0 radical (unpaired) electrons. The number of aliphatic hydroxyl groups is 2. The number of amides is 1. The molecule has 2 aromatic carbocycles. The summed E-state index contributed by atoms with van der Waals surface area (Å²) in [4.78, 5) is 29.2. The topological polar surface area (TPSA) is 104 Å². The molecule has 6 nitrogen and oxygen atoms in total. The lowest BCUT2D eigenvalue weighted by Gasteiger charge is -2.47. The van der Waals surface area contributed by atoms with Crippen molar-refractivity contribution in [3.8, 4) is 0 Å². The number of nitrogens with zero attached hydrogens (tertiary/aromatic N) is 1. The summed E-state index contributed by atoms with van der Waals surface area (Å²) in [7, 11) is 0. The average molecular weight is 615 g/mol. The van der Waals surface area contributed by atoms with Gasteiger partial charge in [0.05, 0.1) is 16.6 Å². The van der Waals surface area contributed by atoms with E-state index in [4.69, 9.17) is 5.73 Å². The number of piperidine rings is 1. The summed E-state index contributed by atoms with van der Waals surface area (Å²) in [6, 6.07) is 16.3. The van der Waals surface area contributed by atoms with E-state index in [1.807, 2.05) is 30.3 Å². The summed E-state index contributed by atoms with van der Waals surface area (Å²) in [5, 5.41) is 24.6. The van der Waals surface area contributed by atoms with Crippen LogP contribution in [0.25, 0.3) is 10.1 Å². The van der Waals surface area contributed by atoms with E-state index in [-0.39, 0.29) is 23.5 Å². The number of carbonyl (C=O) groups excluding carboxylic acids is 2. The Morgan fingerprint density at radius 1 is 1.05 bits per heavy atom. The third-order valence-corrected chi connectivity index (χ3v) is 12.2. The maximum Gasteiger partial charge on any atom is 0.220 e. The van der Waals surface area contributed by atoms with Crippen molar-refractivity contribution in [2.45, 2.75) is 89.3 Å². The maximum atomic E-state index is 14.4. The highest BCUT2D eigenvalue weighted by molar-refractivity contribution is 7.21.